The van der Waals surface area contributed by atoms with Gasteiger partial charge in [-0.2, -0.15) is 11.8 Å². The predicted molar refractivity (Wildman–Crippen MR) is 81.0 cm³/mol. The maximum absolute atomic E-state index is 12.3. The summed E-state index contributed by atoms with van der Waals surface area (Å²) in [5, 5.41) is 3.95. The van der Waals surface area contributed by atoms with Crippen LogP contribution in [0.25, 0.3) is 0 Å². The zero-order valence-corrected chi connectivity index (χ0v) is 12.5. The van der Waals surface area contributed by atoms with Crippen molar-refractivity contribution in [1.29, 1.82) is 0 Å². The van der Waals surface area contributed by atoms with Crippen molar-refractivity contribution >= 4 is 35.0 Å². The number of ether oxygens (including phenoxy) is 1. The maximum atomic E-state index is 12.3. The molecule has 0 spiro atoms. The van der Waals surface area contributed by atoms with E-state index in [2.05, 4.69) is 5.32 Å². The highest BCUT2D eigenvalue weighted by Crippen LogP contribution is 2.33. The van der Waals surface area contributed by atoms with E-state index >= 15 is 0 Å². The fraction of sp³-hybridized carbons (Fsp3) is 0.500. The van der Waals surface area contributed by atoms with Gasteiger partial charge in [0, 0.05) is 5.75 Å². The minimum absolute atomic E-state index is 0.179. The molecule has 1 atom stereocenters. The zero-order chi connectivity index (χ0) is 13.7. The van der Waals surface area contributed by atoms with Crippen LogP contribution in [-0.4, -0.2) is 29.6 Å². The number of halogens is 1. The van der Waals surface area contributed by atoms with Crippen LogP contribution >= 0.6 is 23.4 Å². The highest BCUT2D eigenvalue weighted by molar-refractivity contribution is 7.99. The molecule has 1 unspecified atom stereocenters. The number of benzene rings is 1. The molecule has 2 rings (SSSR count). The standard InChI is InChI=1S/C14H18ClNO2S/c1-2-18-13(17)14(8-5-9-19-10-14)16-12-7-4-3-6-11(12)15/h3-4,6-7,16H,2,5,8-10H2,1H3. The van der Waals surface area contributed by atoms with Gasteiger partial charge in [-0.3, -0.25) is 0 Å². The number of carbonyl (C=O) groups excluding carboxylic acids is 1. The fourth-order valence-electron chi connectivity index (χ4n) is 2.19. The molecule has 0 bridgehead atoms. The van der Waals surface area contributed by atoms with Gasteiger partial charge in [0.25, 0.3) is 0 Å². The summed E-state index contributed by atoms with van der Waals surface area (Å²) in [5.74, 6) is 1.63. The Kier molecular flexibility index (Phi) is 4.99. The van der Waals surface area contributed by atoms with Gasteiger partial charge in [0.2, 0.25) is 0 Å². The van der Waals surface area contributed by atoms with E-state index in [1.807, 2.05) is 31.2 Å². The Hall–Kier alpha value is -0.870. The van der Waals surface area contributed by atoms with E-state index in [0.29, 0.717) is 11.6 Å². The molecule has 1 saturated heterocycles. The summed E-state index contributed by atoms with van der Waals surface area (Å²) in [6.07, 6.45) is 1.78. The SMILES string of the molecule is CCOC(=O)C1(Nc2ccccc2Cl)CCCSC1. The van der Waals surface area contributed by atoms with Gasteiger partial charge in [0.1, 0.15) is 5.54 Å². The number of esters is 1. The predicted octanol–water partition coefficient (Wildman–Crippen LogP) is 3.58. The van der Waals surface area contributed by atoms with Crippen LogP contribution in [0.4, 0.5) is 5.69 Å². The number of nitrogens with one attached hydrogen (secondary N) is 1. The van der Waals surface area contributed by atoms with Crippen molar-refractivity contribution in [1.82, 2.24) is 0 Å². The molecule has 0 radical (unpaired) electrons. The molecular weight excluding hydrogens is 282 g/mol. The number of carbonyl (C=O) groups is 1. The third-order valence-corrected chi connectivity index (χ3v) is 4.76. The molecule has 19 heavy (non-hydrogen) atoms. The summed E-state index contributed by atoms with van der Waals surface area (Å²) in [5.41, 5.74) is 0.143. The lowest BCUT2D eigenvalue weighted by molar-refractivity contribution is -0.148. The number of para-hydroxylation sites is 1. The second-order valence-electron chi connectivity index (χ2n) is 4.56. The lowest BCUT2D eigenvalue weighted by atomic mass is 9.95. The van der Waals surface area contributed by atoms with Gasteiger partial charge in [-0.05, 0) is 37.7 Å². The van der Waals surface area contributed by atoms with Crippen LogP contribution in [0, 0.1) is 0 Å². The second-order valence-corrected chi connectivity index (χ2v) is 6.08. The molecule has 0 aromatic heterocycles. The summed E-state index contributed by atoms with van der Waals surface area (Å²) in [6, 6.07) is 7.49. The quantitative estimate of drug-likeness (QED) is 0.863. The van der Waals surface area contributed by atoms with Crippen molar-refractivity contribution in [3.05, 3.63) is 29.3 Å². The Labute approximate surface area is 123 Å². The minimum Gasteiger partial charge on any atom is -0.464 e. The highest BCUT2D eigenvalue weighted by atomic mass is 35.5. The van der Waals surface area contributed by atoms with Crippen molar-refractivity contribution in [2.24, 2.45) is 0 Å². The highest BCUT2D eigenvalue weighted by Gasteiger charge is 2.41. The van der Waals surface area contributed by atoms with E-state index in [1.165, 1.54) is 0 Å². The summed E-state index contributed by atoms with van der Waals surface area (Å²) >= 11 is 7.94. The number of anilines is 1. The maximum Gasteiger partial charge on any atom is 0.332 e. The molecule has 1 fully saturated rings. The Bertz CT molecular complexity index is 447. The average Bonchev–Trinajstić information content (AvgIpc) is 2.43. The van der Waals surface area contributed by atoms with Crippen molar-refractivity contribution in [3.63, 3.8) is 0 Å². The van der Waals surface area contributed by atoms with Crippen LogP contribution in [0.3, 0.4) is 0 Å². The summed E-state index contributed by atoms with van der Waals surface area (Å²) in [4.78, 5) is 12.3. The molecule has 1 N–H and O–H groups in total. The summed E-state index contributed by atoms with van der Waals surface area (Å²) in [6.45, 7) is 2.23. The van der Waals surface area contributed by atoms with Crippen LogP contribution in [0.15, 0.2) is 24.3 Å². The Balaban J connectivity index is 2.23. The van der Waals surface area contributed by atoms with Crippen LogP contribution in [0.5, 0.6) is 0 Å². The first-order valence-corrected chi connectivity index (χ1v) is 7.99. The molecule has 1 aromatic rings. The van der Waals surface area contributed by atoms with Crippen LogP contribution in [-0.2, 0) is 9.53 Å². The molecule has 1 aromatic carbocycles. The topological polar surface area (TPSA) is 38.3 Å². The van der Waals surface area contributed by atoms with Gasteiger partial charge in [0.05, 0.1) is 17.3 Å². The van der Waals surface area contributed by atoms with Crippen LogP contribution < -0.4 is 5.32 Å². The molecule has 1 heterocycles. The molecule has 1 aliphatic rings. The Morgan fingerprint density at radius 3 is 2.95 bits per heavy atom. The third kappa shape index (κ3) is 3.37. The molecular formula is C14H18ClNO2S. The van der Waals surface area contributed by atoms with E-state index in [1.54, 1.807) is 11.8 Å². The van der Waals surface area contributed by atoms with E-state index in [-0.39, 0.29) is 5.97 Å². The summed E-state index contributed by atoms with van der Waals surface area (Å²) in [7, 11) is 0. The van der Waals surface area contributed by atoms with Gasteiger partial charge < -0.3 is 10.1 Å². The van der Waals surface area contributed by atoms with Gasteiger partial charge in [0.15, 0.2) is 0 Å². The van der Waals surface area contributed by atoms with Gasteiger partial charge in [-0.15, -0.1) is 0 Å². The van der Waals surface area contributed by atoms with Gasteiger partial charge in [-0.25, -0.2) is 4.79 Å². The number of hydrogen-bond donors (Lipinski definition) is 1. The minimum atomic E-state index is -0.649. The van der Waals surface area contributed by atoms with E-state index < -0.39 is 5.54 Å². The Morgan fingerprint density at radius 1 is 1.53 bits per heavy atom. The normalized spacial score (nSPS) is 22.8. The molecule has 0 amide bonds. The molecule has 104 valence electrons. The molecule has 0 aliphatic carbocycles. The fourth-order valence-corrected chi connectivity index (χ4v) is 3.55. The monoisotopic (exact) mass is 299 g/mol. The van der Waals surface area contributed by atoms with Crippen molar-refractivity contribution < 1.29 is 9.53 Å². The zero-order valence-electron chi connectivity index (χ0n) is 10.9. The molecule has 1 aliphatic heterocycles. The van der Waals surface area contributed by atoms with Crippen molar-refractivity contribution in [2.75, 3.05) is 23.4 Å². The summed E-state index contributed by atoms with van der Waals surface area (Å²) < 4.78 is 5.24. The van der Waals surface area contributed by atoms with Crippen LogP contribution in [0.2, 0.25) is 5.02 Å². The largest absolute Gasteiger partial charge is 0.464 e. The molecule has 3 nitrogen and oxygen atoms in total. The van der Waals surface area contributed by atoms with E-state index in [9.17, 15) is 4.79 Å². The van der Waals surface area contributed by atoms with Crippen molar-refractivity contribution in [2.45, 2.75) is 25.3 Å². The molecule has 5 heteroatoms. The second kappa shape index (κ2) is 6.53. The van der Waals surface area contributed by atoms with Gasteiger partial charge in [-0.1, -0.05) is 23.7 Å². The van der Waals surface area contributed by atoms with E-state index in [0.717, 1.165) is 30.0 Å². The van der Waals surface area contributed by atoms with Gasteiger partial charge >= 0.3 is 5.97 Å². The number of thioether (sulfide) groups is 1. The first-order chi connectivity index (χ1) is 9.18. The number of rotatable bonds is 4. The first-order valence-electron chi connectivity index (χ1n) is 6.45. The lowest BCUT2D eigenvalue weighted by Crippen LogP contribution is -2.51. The van der Waals surface area contributed by atoms with Crippen molar-refractivity contribution in [3.8, 4) is 0 Å². The lowest BCUT2D eigenvalue weighted by Gasteiger charge is -2.36. The number of hydrogen-bond acceptors (Lipinski definition) is 4. The van der Waals surface area contributed by atoms with E-state index in [4.69, 9.17) is 16.3 Å². The third-order valence-electron chi connectivity index (χ3n) is 3.15. The first kappa shape index (κ1) is 14.5. The smallest absolute Gasteiger partial charge is 0.332 e. The average molecular weight is 300 g/mol. The molecule has 0 saturated carbocycles. The van der Waals surface area contributed by atoms with Crippen LogP contribution in [0.1, 0.15) is 19.8 Å². The Morgan fingerprint density at radius 2 is 2.32 bits per heavy atom.